The van der Waals surface area contributed by atoms with E-state index in [-0.39, 0.29) is 18.4 Å². The van der Waals surface area contributed by atoms with Gasteiger partial charge in [-0.05, 0) is 31.9 Å². The van der Waals surface area contributed by atoms with Crippen LogP contribution in [0.3, 0.4) is 0 Å². The molecule has 0 amide bonds. The zero-order valence-corrected chi connectivity index (χ0v) is 13.2. The highest BCUT2D eigenvalue weighted by molar-refractivity contribution is 7.89. The first kappa shape index (κ1) is 17.4. The van der Waals surface area contributed by atoms with Gasteiger partial charge in [-0.25, -0.2) is 8.42 Å². The number of halogens is 1. The summed E-state index contributed by atoms with van der Waals surface area (Å²) >= 11 is 0. The molecule has 1 aliphatic heterocycles. The quantitative estimate of drug-likeness (QED) is 0.916. The van der Waals surface area contributed by atoms with E-state index in [2.05, 4.69) is 4.98 Å². The van der Waals surface area contributed by atoms with Gasteiger partial charge in [-0.3, -0.25) is 4.98 Å². The monoisotopic (exact) mass is 319 g/mol. The molecule has 1 saturated heterocycles. The number of nitrogens with two attached hydrogens (primary N) is 1. The molecule has 0 spiro atoms. The number of hydrogen-bond donors (Lipinski definition) is 1. The number of rotatable bonds is 4. The van der Waals surface area contributed by atoms with Crippen LogP contribution in [0.15, 0.2) is 24.4 Å². The van der Waals surface area contributed by atoms with Crippen LogP contribution < -0.4 is 5.73 Å². The molecule has 0 aromatic carbocycles. The maximum atomic E-state index is 12.7. The van der Waals surface area contributed by atoms with E-state index >= 15 is 0 Å². The highest BCUT2D eigenvalue weighted by Crippen LogP contribution is 2.28. The Morgan fingerprint density at radius 1 is 1.45 bits per heavy atom. The summed E-state index contributed by atoms with van der Waals surface area (Å²) in [4.78, 5) is 4.15. The molecule has 2 unspecified atom stereocenters. The van der Waals surface area contributed by atoms with E-state index < -0.39 is 15.3 Å². The van der Waals surface area contributed by atoms with Gasteiger partial charge in [-0.15, -0.1) is 12.4 Å². The molecule has 1 aliphatic rings. The number of aromatic nitrogens is 1. The maximum Gasteiger partial charge on any atom is 0.222 e. The second-order valence-corrected chi connectivity index (χ2v) is 7.14. The minimum absolute atomic E-state index is 0. The molecule has 0 radical (unpaired) electrons. The zero-order chi connectivity index (χ0) is 13.9. The predicted molar refractivity (Wildman–Crippen MR) is 82.2 cm³/mol. The van der Waals surface area contributed by atoms with E-state index in [9.17, 15) is 8.42 Å². The van der Waals surface area contributed by atoms with Crippen molar-refractivity contribution in [3.8, 4) is 0 Å². The van der Waals surface area contributed by atoms with Crippen molar-refractivity contribution in [2.45, 2.75) is 37.5 Å². The topological polar surface area (TPSA) is 76.3 Å². The van der Waals surface area contributed by atoms with Gasteiger partial charge in [0.2, 0.25) is 10.0 Å². The minimum Gasteiger partial charge on any atom is -0.329 e. The molecule has 2 atom stereocenters. The molecule has 0 aliphatic carbocycles. The van der Waals surface area contributed by atoms with Crippen molar-refractivity contribution in [3.63, 3.8) is 0 Å². The third-order valence-electron chi connectivity index (χ3n) is 3.72. The average Bonchev–Trinajstić information content (AvgIpc) is 2.47. The Bertz CT molecular complexity index is 510. The molecule has 1 aromatic heterocycles. The Morgan fingerprint density at radius 3 is 2.80 bits per heavy atom. The summed E-state index contributed by atoms with van der Waals surface area (Å²) in [6.07, 6.45) is 4.43. The van der Waals surface area contributed by atoms with Crippen molar-refractivity contribution in [1.82, 2.24) is 9.29 Å². The summed E-state index contributed by atoms with van der Waals surface area (Å²) in [5.74, 6) is 0. The number of hydrogen-bond acceptors (Lipinski definition) is 4. The lowest BCUT2D eigenvalue weighted by Gasteiger charge is -2.35. The van der Waals surface area contributed by atoms with Gasteiger partial charge >= 0.3 is 0 Å². The van der Waals surface area contributed by atoms with Crippen LogP contribution in [0.2, 0.25) is 0 Å². The van der Waals surface area contributed by atoms with Crippen LogP contribution in [-0.2, 0) is 10.0 Å². The SMILES string of the molecule is CC(c1ccccn1)S(=O)(=O)N1CCCCC1CN.Cl. The van der Waals surface area contributed by atoms with Crippen LogP contribution in [0.5, 0.6) is 0 Å². The smallest absolute Gasteiger partial charge is 0.222 e. The Balaban J connectivity index is 0.00000200. The fraction of sp³-hybridized carbons (Fsp3) is 0.615. The van der Waals surface area contributed by atoms with Crippen molar-refractivity contribution >= 4 is 22.4 Å². The van der Waals surface area contributed by atoms with Crippen molar-refractivity contribution in [3.05, 3.63) is 30.1 Å². The van der Waals surface area contributed by atoms with Gasteiger partial charge in [0.05, 0.1) is 5.69 Å². The number of sulfonamides is 1. The molecule has 20 heavy (non-hydrogen) atoms. The van der Waals surface area contributed by atoms with Crippen LogP contribution in [0.4, 0.5) is 0 Å². The van der Waals surface area contributed by atoms with Crippen molar-refractivity contribution in [2.75, 3.05) is 13.1 Å². The third kappa shape index (κ3) is 3.49. The predicted octanol–water partition coefficient (Wildman–Crippen LogP) is 1.71. The summed E-state index contributed by atoms with van der Waals surface area (Å²) < 4.78 is 27.0. The average molecular weight is 320 g/mol. The van der Waals surface area contributed by atoms with Gasteiger partial charge < -0.3 is 5.73 Å². The van der Waals surface area contributed by atoms with Crippen LogP contribution in [-0.4, -0.2) is 36.8 Å². The normalized spacial score (nSPS) is 22.0. The number of piperidine rings is 1. The fourth-order valence-electron chi connectivity index (χ4n) is 2.52. The van der Waals surface area contributed by atoms with Crippen LogP contribution >= 0.6 is 12.4 Å². The first-order valence-corrected chi connectivity index (χ1v) is 8.19. The second-order valence-electron chi connectivity index (χ2n) is 4.94. The van der Waals surface area contributed by atoms with Crippen LogP contribution in [0.1, 0.15) is 37.1 Å². The second kappa shape index (κ2) is 7.36. The van der Waals surface area contributed by atoms with E-state index in [0.717, 1.165) is 19.3 Å². The van der Waals surface area contributed by atoms with Gasteiger partial charge in [-0.1, -0.05) is 12.5 Å². The lowest BCUT2D eigenvalue weighted by atomic mass is 10.1. The van der Waals surface area contributed by atoms with Gasteiger partial charge in [-0.2, -0.15) is 4.31 Å². The molecule has 1 fully saturated rings. The highest BCUT2D eigenvalue weighted by atomic mass is 35.5. The van der Waals surface area contributed by atoms with Gasteiger partial charge in [0.25, 0.3) is 0 Å². The Labute approximate surface area is 127 Å². The molecule has 7 heteroatoms. The number of nitrogens with zero attached hydrogens (tertiary/aromatic N) is 2. The standard InChI is InChI=1S/C13H21N3O2S.ClH/c1-11(13-7-2-4-8-15-13)19(17,18)16-9-5-3-6-12(16)10-14;/h2,4,7-8,11-12H,3,5-6,9-10,14H2,1H3;1H. The van der Waals surface area contributed by atoms with Gasteiger partial charge in [0.15, 0.2) is 0 Å². The van der Waals surface area contributed by atoms with E-state index in [4.69, 9.17) is 5.73 Å². The minimum atomic E-state index is -3.39. The molecular weight excluding hydrogens is 298 g/mol. The molecule has 2 N–H and O–H groups in total. The maximum absolute atomic E-state index is 12.7. The molecule has 0 bridgehead atoms. The van der Waals surface area contributed by atoms with Crippen molar-refractivity contribution in [1.29, 1.82) is 0 Å². The molecule has 2 rings (SSSR count). The molecule has 2 heterocycles. The highest BCUT2D eigenvalue weighted by Gasteiger charge is 2.36. The van der Waals surface area contributed by atoms with Gasteiger partial charge in [0, 0.05) is 25.3 Å². The Morgan fingerprint density at radius 2 is 2.20 bits per heavy atom. The van der Waals surface area contributed by atoms with E-state index in [0.29, 0.717) is 18.8 Å². The van der Waals surface area contributed by atoms with Gasteiger partial charge in [0.1, 0.15) is 5.25 Å². The molecule has 1 aromatic rings. The van der Waals surface area contributed by atoms with Crippen molar-refractivity contribution in [2.24, 2.45) is 5.73 Å². The molecule has 0 saturated carbocycles. The fourth-order valence-corrected chi connectivity index (χ4v) is 4.36. The zero-order valence-electron chi connectivity index (χ0n) is 11.6. The largest absolute Gasteiger partial charge is 0.329 e. The summed E-state index contributed by atoms with van der Waals surface area (Å²) in [5.41, 5.74) is 6.29. The first-order valence-electron chi connectivity index (χ1n) is 6.69. The first-order chi connectivity index (χ1) is 9.07. The summed E-state index contributed by atoms with van der Waals surface area (Å²) in [5, 5.41) is -0.624. The molecular formula is C13H22ClN3O2S. The van der Waals surface area contributed by atoms with E-state index in [1.165, 1.54) is 0 Å². The van der Waals surface area contributed by atoms with Crippen LogP contribution in [0, 0.1) is 0 Å². The molecule has 5 nitrogen and oxygen atoms in total. The summed E-state index contributed by atoms with van der Waals surface area (Å²) in [7, 11) is -3.39. The van der Waals surface area contributed by atoms with Crippen molar-refractivity contribution < 1.29 is 8.42 Å². The third-order valence-corrected chi connectivity index (χ3v) is 5.99. The molecule has 114 valence electrons. The Hall–Kier alpha value is -0.690. The summed E-state index contributed by atoms with van der Waals surface area (Å²) in [6, 6.07) is 5.28. The van der Waals surface area contributed by atoms with Crippen LogP contribution in [0.25, 0.3) is 0 Å². The lowest BCUT2D eigenvalue weighted by Crippen LogP contribution is -2.48. The van der Waals surface area contributed by atoms with E-state index in [1.54, 1.807) is 29.6 Å². The van der Waals surface area contributed by atoms with E-state index in [1.807, 2.05) is 6.07 Å². The Kier molecular flexibility index (Phi) is 6.39. The number of pyridine rings is 1. The lowest BCUT2D eigenvalue weighted by molar-refractivity contribution is 0.255. The summed E-state index contributed by atoms with van der Waals surface area (Å²) in [6.45, 7) is 2.65.